The molecule has 0 N–H and O–H groups in total. The lowest BCUT2D eigenvalue weighted by Gasteiger charge is -2.40. The van der Waals surface area contributed by atoms with Gasteiger partial charge in [0.25, 0.3) is 0 Å². The lowest BCUT2D eigenvalue weighted by atomic mass is 10.0. The molecule has 2 aromatic carbocycles. The fourth-order valence-electron chi connectivity index (χ4n) is 4.24. The number of tetrazole rings is 1. The largest absolute Gasteiger partial charge is 0.383 e. The minimum atomic E-state index is -0.353. The maximum atomic E-state index is 14.9. The summed E-state index contributed by atoms with van der Waals surface area (Å²) in [5.74, 6) is 0.396. The minimum Gasteiger partial charge on any atom is -0.383 e. The number of anilines is 1. The molecular weight excluding hydrogens is 395 g/mol. The van der Waals surface area contributed by atoms with Crippen LogP contribution in [0.2, 0.25) is 0 Å². The van der Waals surface area contributed by atoms with E-state index in [4.69, 9.17) is 4.74 Å². The normalized spacial score (nSPS) is 15.9. The van der Waals surface area contributed by atoms with Crippen molar-refractivity contribution in [2.45, 2.75) is 26.4 Å². The van der Waals surface area contributed by atoms with Crippen molar-refractivity contribution < 1.29 is 9.13 Å². The first-order valence-electron chi connectivity index (χ1n) is 10.6. The Morgan fingerprint density at radius 2 is 1.81 bits per heavy atom. The van der Waals surface area contributed by atoms with Crippen LogP contribution in [0.1, 0.15) is 28.6 Å². The summed E-state index contributed by atoms with van der Waals surface area (Å²) in [6.07, 6.45) is 0. The summed E-state index contributed by atoms with van der Waals surface area (Å²) in [4.78, 5) is 4.68. The van der Waals surface area contributed by atoms with Gasteiger partial charge in [-0.25, -0.2) is 9.07 Å². The maximum Gasteiger partial charge on any atom is 0.173 e. The summed E-state index contributed by atoms with van der Waals surface area (Å²) in [5, 5.41) is 12.3. The van der Waals surface area contributed by atoms with Gasteiger partial charge in [0.2, 0.25) is 0 Å². The number of nitrogens with zero attached hydrogens (tertiary/aromatic N) is 6. The van der Waals surface area contributed by atoms with Crippen LogP contribution >= 0.6 is 0 Å². The average molecular weight is 425 g/mol. The molecule has 0 saturated carbocycles. The summed E-state index contributed by atoms with van der Waals surface area (Å²) in [7, 11) is 1.64. The number of methoxy groups -OCH3 is 1. The molecule has 0 aliphatic carbocycles. The van der Waals surface area contributed by atoms with Crippen LogP contribution in [0.15, 0.2) is 42.5 Å². The van der Waals surface area contributed by atoms with Crippen LogP contribution in [0.25, 0.3) is 0 Å². The van der Waals surface area contributed by atoms with E-state index in [0.29, 0.717) is 24.5 Å². The maximum absolute atomic E-state index is 14.9. The summed E-state index contributed by atoms with van der Waals surface area (Å²) in [6, 6.07) is 13.0. The molecule has 8 heteroatoms. The lowest BCUT2D eigenvalue weighted by Crippen LogP contribution is -2.48. The molecule has 1 aliphatic rings. The van der Waals surface area contributed by atoms with Gasteiger partial charge in [0.1, 0.15) is 11.9 Å². The molecule has 0 spiro atoms. The molecule has 1 aromatic heterocycles. The molecule has 0 radical (unpaired) electrons. The van der Waals surface area contributed by atoms with E-state index in [-0.39, 0.29) is 11.9 Å². The van der Waals surface area contributed by atoms with Gasteiger partial charge in [-0.15, -0.1) is 5.10 Å². The Bertz CT molecular complexity index is 1010. The van der Waals surface area contributed by atoms with Crippen molar-refractivity contribution in [3.8, 4) is 0 Å². The Morgan fingerprint density at radius 3 is 2.55 bits per heavy atom. The highest BCUT2D eigenvalue weighted by Gasteiger charge is 2.32. The van der Waals surface area contributed by atoms with Gasteiger partial charge in [0.15, 0.2) is 5.82 Å². The Morgan fingerprint density at radius 1 is 1.03 bits per heavy atom. The van der Waals surface area contributed by atoms with Gasteiger partial charge in [-0.2, -0.15) is 0 Å². The SMILES string of the molecule is COCCn1nnnc1[C@@H](c1ccccc1F)N1CCN(c2cccc(C)c2C)CC1. The van der Waals surface area contributed by atoms with Crippen molar-refractivity contribution >= 4 is 5.69 Å². The number of aromatic nitrogens is 4. The van der Waals surface area contributed by atoms with E-state index in [9.17, 15) is 4.39 Å². The molecule has 2 heterocycles. The number of rotatable bonds is 7. The molecule has 0 unspecified atom stereocenters. The molecule has 7 nitrogen and oxygen atoms in total. The van der Waals surface area contributed by atoms with E-state index >= 15 is 0 Å². The molecule has 3 aromatic rings. The second-order valence-corrected chi connectivity index (χ2v) is 7.92. The standard InChI is InChI=1S/C23H29FN6O/c1-17-7-6-10-21(18(17)2)28-11-13-29(14-12-28)22(19-8-4-5-9-20(19)24)23-25-26-27-30(23)15-16-31-3/h4-10,22H,11-16H2,1-3H3/t22-/m1/s1. The molecule has 4 rings (SSSR count). The number of aryl methyl sites for hydroxylation is 1. The highest BCUT2D eigenvalue weighted by molar-refractivity contribution is 5.56. The first kappa shape index (κ1) is 21.4. The molecule has 1 fully saturated rings. The highest BCUT2D eigenvalue weighted by atomic mass is 19.1. The van der Waals surface area contributed by atoms with Gasteiger partial charge in [-0.3, -0.25) is 4.90 Å². The molecule has 31 heavy (non-hydrogen) atoms. The molecule has 1 aliphatic heterocycles. The number of benzene rings is 2. The third-order valence-corrected chi connectivity index (χ3v) is 6.11. The fraction of sp³-hybridized carbons (Fsp3) is 0.435. The van der Waals surface area contributed by atoms with Crippen molar-refractivity contribution in [3.05, 3.63) is 70.8 Å². The van der Waals surface area contributed by atoms with E-state index in [1.165, 1.54) is 22.9 Å². The van der Waals surface area contributed by atoms with Gasteiger partial charge in [-0.1, -0.05) is 30.3 Å². The van der Waals surface area contributed by atoms with Gasteiger partial charge < -0.3 is 9.64 Å². The number of ether oxygens (including phenoxy) is 1. The van der Waals surface area contributed by atoms with Crippen LogP contribution in [0.3, 0.4) is 0 Å². The monoisotopic (exact) mass is 424 g/mol. The van der Waals surface area contributed by atoms with Gasteiger partial charge >= 0.3 is 0 Å². The number of hydrogen-bond donors (Lipinski definition) is 0. The third kappa shape index (κ3) is 4.45. The Balaban J connectivity index is 1.61. The van der Waals surface area contributed by atoms with Crippen molar-refractivity contribution in [1.29, 1.82) is 0 Å². The second kappa shape index (κ2) is 9.53. The molecular formula is C23H29FN6O. The third-order valence-electron chi connectivity index (χ3n) is 6.11. The second-order valence-electron chi connectivity index (χ2n) is 7.92. The minimum absolute atomic E-state index is 0.245. The first-order valence-corrected chi connectivity index (χ1v) is 10.6. The van der Waals surface area contributed by atoms with Crippen molar-refractivity contribution in [2.24, 2.45) is 0 Å². The zero-order valence-corrected chi connectivity index (χ0v) is 18.3. The average Bonchev–Trinajstić information content (AvgIpc) is 3.24. The molecule has 164 valence electrons. The highest BCUT2D eigenvalue weighted by Crippen LogP contribution is 2.31. The summed E-state index contributed by atoms with van der Waals surface area (Å²) < 4.78 is 21.8. The molecule has 1 atom stereocenters. The van der Waals surface area contributed by atoms with Crippen LogP contribution in [0.4, 0.5) is 10.1 Å². The topological polar surface area (TPSA) is 59.3 Å². The van der Waals surface area contributed by atoms with E-state index in [0.717, 1.165) is 26.2 Å². The number of halogens is 1. The van der Waals surface area contributed by atoms with Gasteiger partial charge in [0.05, 0.1) is 13.2 Å². The predicted molar refractivity (Wildman–Crippen MR) is 118 cm³/mol. The smallest absolute Gasteiger partial charge is 0.173 e. The number of hydrogen-bond acceptors (Lipinski definition) is 6. The van der Waals surface area contributed by atoms with Crippen LogP contribution in [0.5, 0.6) is 0 Å². The van der Waals surface area contributed by atoms with E-state index in [1.54, 1.807) is 17.9 Å². The van der Waals surface area contributed by atoms with Gasteiger partial charge in [-0.05, 0) is 47.5 Å². The van der Waals surface area contributed by atoms with Crippen LogP contribution < -0.4 is 4.90 Å². The van der Waals surface area contributed by atoms with Crippen molar-refractivity contribution in [2.75, 3.05) is 44.8 Å². The Kier molecular flexibility index (Phi) is 6.58. The van der Waals surface area contributed by atoms with Crippen LogP contribution in [0, 0.1) is 19.7 Å². The van der Waals surface area contributed by atoms with Crippen LogP contribution in [-0.4, -0.2) is 65.0 Å². The summed E-state index contributed by atoms with van der Waals surface area (Å²) in [6.45, 7) is 8.60. The van der Waals surface area contributed by atoms with Crippen molar-refractivity contribution in [3.63, 3.8) is 0 Å². The van der Waals surface area contributed by atoms with Crippen LogP contribution in [-0.2, 0) is 11.3 Å². The molecule has 0 amide bonds. The van der Waals surface area contributed by atoms with E-state index in [2.05, 4.69) is 57.4 Å². The van der Waals surface area contributed by atoms with Gasteiger partial charge in [0, 0.05) is 44.5 Å². The lowest BCUT2D eigenvalue weighted by molar-refractivity contribution is 0.171. The first-order chi connectivity index (χ1) is 15.1. The number of piperazine rings is 1. The molecule has 0 bridgehead atoms. The predicted octanol–water partition coefficient (Wildman–Crippen LogP) is 2.99. The van der Waals surface area contributed by atoms with Crippen molar-refractivity contribution in [1.82, 2.24) is 25.1 Å². The summed E-state index contributed by atoms with van der Waals surface area (Å²) in [5.41, 5.74) is 4.47. The van der Waals surface area contributed by atoms with E-state index in [1.807, 2.05) is 12.1 Å². The quantitative estimate of drug-likeness (QED) is 0.581. The van der Waals surface area contributed by atoms with E-state index < -0.39 is 0 Å². The fourth-order valence-corrected chi connectivity index (χ4v) is 4.24. The Hall–Kier alpha value is -2.84. The molecule has 1 saturated heterocycles. The Labute approximate surface area is 182 Å². The summed E-state index contributed by atoms with van der Waals surface area (Å²) >= 11 is 0. The zero-order valence-electron chi connectivity index (χ0n) is 18.3. The zero-order chi connectivity index (χ0) is 21.8.